The molecule has 1 atom stereocenters. The van der Waals surface area contributed by atoms with E-state index >= 15 is 0 Å². The third kappa shape index (κ3) is 2.84. The standard InChI is InChI=1S/C11H16O2S/c1-11(2,3)9(10(12)13)7-8-5-4-6-14-8/h4-6,9H,7H2,1-3H3,(H,12,13)/t9-/m1/s1. The highest BCUT2D eigenvalue weighted by atomic mass is 32.1. The first-order valence-electron chi connectivity index (χ1n) is 4.66. The van der Waals surface area contributed by atoms with Crippen molar-refractivity contribution in [1.82, 2.24) is 0 Å². The lowest BCUT2D eigenvalue weighted by Crippen LogP contribution is -2.30. The van der Waals surface area contributed by atoms with Crippen molar-refractivity contribution in [1.29, 1.82) is 0 Å². The average molecular weight is 212 g/mol. The van der Waals surface area contributed by atoms with Crippen molar-refractivity contribution >= 4 is 17.3 Å². The number of hydrogen-bond donors (Lipinski definition) is 1. The molecule has 14 heavy (non-hydrogen) atoms. The summed E-state index contributed by atoms with van der Waals surface area (Å²) < 4.78 is 0. The van der Waals surface area contributed by atoms with E-state index < -0.39 is 5.97 Å². The van der Waals surface area contributed by atoms with Gasteiger partial charge < -0.3 is 5.11 Å². The van der Waals surface area contributed by atoms with E-state index in [0.29, 0.717) is 6.42 Å². The Morgan fingerprint density at radius 2 is 2.21 bits per heavy atom. The lowest BCUT2D eigenvalue weighted by Gasteiger charge is -2.26. The Kier molecular flexibility index (Phi) is 3.32. The van der Waals surface area contributed by atoms with Crippen LogP contribution in [-0.2, 0) is 11.2 Å². The van der Waals surface area contributed by atoms with E-state index in [0.717, 1.165) is 4.88 Å². The summed E-state index contributed by atoms with van der Waals surface area (Å²) in [6, 6.07) is 3.95. The van der Waals surface area contributed by atoms with Gasteiger partial charge in [0.25, 0.3) is 0 Å². The van der Waals surface area contributed by atoms with Crippen LogP contribution in [0.1, 0.15) is 25.6 Å². The van der Waals surface area contributed by atoms with Gasteiger partial charge in [-0.15, -0.1) is 11.3 Å². The fourth-order valence-corrected chi connectivity index (χ4v) is 2.15. The molecule has 1 aromatic heterocycles. The fourth-order valence-electron chi connectivity index (χ4n) is 1.39. The molecule has 0 aliphatic carbocycles. The third-order valence-electron chi connectivity index (χ3n) is 2.33. The first-order valence-corrected chi connectivity index (χ1v) is 5.54. The zero-order chi connectivity index (χ0) is 10.8. The van der Waals surface area contributed by atoms with Gasteiger partial charge in [-0.25, -0.2) is 0 Å². The second kappa shape index (κ2) is 4.13. The van der Waals surface area contributed by atoms with Crippen molar-refractivity contribution in [2.24, 2.45) is 11.3 Å². The number of carboxylic acids is 1. The molecular formula is C11H16O2S. The molecule has 0 spiro atoms. The van der Waals surface area contributed by atoms with Crippen LogP contribution >= 0.6 is 11.3 Å². The van der Waals surface area contributed by atoms with Crippen LogP contribution in [0.3, 0.4) is 0 Å². The topological polar surface area (TPSA) is 37.3 Å². The first-order chi connectivity index (χ1) is 6.41. The molecule has 0 aromatic carbocycles. The summed E-state index contributed by atoms with van der Waals surface area (Å²) in [6.07, 6.45) is 0.635. The summed E-state index contributed by atoms with van der Waals surface area (Å²) in [5, 5.41) is 11.1. The number of aliphatic carboxylic acids is 1. The van der Waals surface area contributed by atoms with Crippen LogP contribution in [0.5, 0.6) is 0 Å². The number of carboxylic acid groups (broad SMARTS) is 1. The van der Waals surface area contributed by atoms with Crippen molar-refractivity contribution < 1.29 is 9.90 Å². The van der Waals surface area contributed by atoms with Gasteiger partial charge in [-0.1, -0.05) is 26.8 Å². The number of thiophene rings is 1. The molecule has 0 amide bonds. The molecule has 78 valence electrons. The normalized spacial score (nSPS) is 13.9. The van der Waals surface area contributed by atoms with Crippen molar-refractivity contribution in [2.75, 3.05) is 0 Å². The quantitative estimate of drug-likeness (QED) is 0.836. The van der Waals surface area contributed by atoms with Gasteiger partial charge in [-0.2, -0.15) is 0 Å². The fraction of sp³-hybridized carbons (Fsp3) is 0.545. The molecule has 3 heteroatoms. The van der Waals surface area contributed by atoms with Crippen molar-refractivity contribution in [3.8, 4) is 0 Å². The Morgan fingerprint density at radius 1 is 1.57 bits per heavy atom. The van der Waals surface area contributed by atoms with Crippen LogP contribution in [0.2, 0.25) is 0 Å². The molecular weight excluding hydrogens is 196 g/mol. The molecule has 1 heterocycles. The highest BCUT2D eigenvalue weighted by Gasteiger charge is 2.31. The highest BCUT2D eigenvalue weighted by molar-refractivity contribution is 7.09. The van der Waals surface area contributed by atoms with E-state index in [2.05, 4.69) is 0 Å². The molecule has 0 saturated carbocycles. The lowest BCUT2D eigenvalue weighted by atomic mass is 9.78. The Bertz CT molecular complexity index is 296. The molecule has 0 radical (unpaired) electrons. The van der Waals surface area contributed by atoms with E-state index in [1.807, 2.05) is 38.3 Å². The Balaban J connectivity index is 2.76. The SMILES string of the molecule is CC(C)(C)[C@H](Cc1cccs1)C(=O)O. The lowest BCUT2D eigenvalue weighted by molar-refractivity contribution is -0.145. The van der Waals surface area contributed by atoms with Gasteiger partial charge in [0, 0.05) is 4.88 Å². The Hall–Kier alpha value is -0.830. The van der Waals surface area contributed by atoms with Gasteiger partial charge >= 0.3 is 5.97 Å². The summed E-state index contributed by atoms with van der Waals surface area (Å²) >= 11 is 1.62. The molecule has 0 bridgehead atoms. The molecule has 0 aliphatic heterocycles. The van der Waals surface area contributed by atoms with Crippen molar-refractivity contribution in [3.05, 3.63) is 22.4 Å². The van der Waals surface area contributed by atoms with Crippen LogP contribution in [0.25, 0.3) is 0 Å². The molecule has 0 saturated heterocycles. The molecule has 2 nitrogen and oxygen atoms in total. The Morgan fingerprint density at radius 3 is 2.57 bits per heavy atom. The molecule has 1 aromatic rings. The summed E-state index contributed by atoms with van der Waals surface area (Å²) in [5.41, 5.74) is -0.185. The van der Waals surface area contributed by atoms with Gasteiger partial charge in [-0.3, -0.25) is 4.79 Å². The summed E-state index contributed by atoms with van der Waals surface area (Å²) in [4.78, 5) is 12.2. The van der Waals surface area contributed by atoms with Gasteiger partial charge in [0.2, 0.25) is 0 Å². The van der Waals surface area contributed by atoms with E-state index in [1.54, 1.807) is 11.3 Å². The van der Waals surface area contributed by atoms with E-state index in [4.69, 9.17) is 5.11 Å². The van der Waals surface area contributed by atoms with Crippen LogP contribution in [0, 0.1) is 11.3 Å². The van der Waals surface area contributed by atoms with Crippen LogP contribution in [0.4, 0.5) is 0 Å². The van der Waals surface area contributed by atoms with Crippen LogP contribution in [0.15, 0.2) is 17.5 Å². The minimum atomic E-state index is -0.703. The maximum atomic E-state index is 11.1. The number of carbonyl (C=O) groups is 1. The largest absolute Gasteiger partial charge is 0.481 e. The average Bonchev–Trinajstić information content (AvgIpc) is 2.48. The maximum absolute atomic E-state index is 11.1. The summed E-state index contributed by atoms with van der Waals surface area (Å²) in [7, 11) is 0. The first kappa shape index (κ1) is 11.2. The van der Waals surface area contributed by atoms with Gasteiger partial charge in [-0.05, 0) is 23.3 Å². The highest BCUT2D eigenvalue weighted by Crippen LogP contribution is 2.30. The molecule has 0 aliphatic rings. The molecule has 0 fully saturated rings. The maximum Gasteiger partial charge on any atom is 0.307 e. The predicted molar refractivity (Wildman–Crippen MR) is 58.6 cm³/mol. The van der Waals surface area contributed by atoms with E-state index in [1.165, 1.54) is 0 Å². The zero-order valence-electron chi connectivity index (χ0n) is 8.78. The predicted octanol–water partition coefficient (Wildman–Crippen LogP) is 3.04. The monoisotopic (exact) mass is 212 g/mol. The summed E-state index contributed by atoms with van der Waals surface area (Å²) in [5.74, 6) is -1.01. The smallest absolute Gasteiger partial charge is 0.307 e. The molecule has 1 rings (SSSR count). The molecule has 1 N–H and O–H groups in total. The van der Waals surface area contributed by atoms with Gasteiger partial charge in [0.1, 0.15) is 0 Å². The zero-order valence-corrected chi connectivity index (χ0v) is 9.60. The van der Waals surface area contributed by atoms with Gasteiger partial charge in [0.05, 0.1) is 5.92 Å². The minimum absolute atomic E-state index is 0.185. The van der Waals surface area contributed by atoms with Crippen molar-refractivity contribution in [3.63, 3.8) is 0 Å². The minimum Gasteiger partial charge on any atom is -0.481 e. The van der Waals surface area contributed by atoms with Crippen LogP contribution in [-0.4, -0.2) is 11.1 Å². The second-order valence-electron chi connectivity index (χ2n) is 4.54. The second-order valence-corrected chi connectivity index (χ2v) is 5.57. The number of hydrogen-bond acceptors (Lipinski definition) is 2. The van der Waals surface area contributed by atoms with Crippen molar-refractivity contribution in [2.45, 2.75) is 27.2 Å². The van der Waals surface area contributed by atoms with Crippen LogP contribution < -0.4 is 0 Å². The van der Waals surface area contributed by atoms with E-state index in [-0.39, 0.29) is 11.3 Å². The number of rotatable bonds is 3. The van der Waals surface area contributed by atoms with Gasteiger partial charge in [0.15, 0.2) is 0 Å². The summed E-state index contributed by atoms with van der Waals surface area (Å²) in [6.45, 7) is 5.91. The third-order valence-corrected chi connectivity index (χ3v) is 3.23. The van der Waals surface area contributed by atoms with E-state index in [9.17, 15) is 4.79 Å². The Labute approximate surface area is 88.6 Å². The molecule has 0 unspecified atom stereocenters.